The van der Waals surface area contributed by atoms with Crippen molar-refractivity contribution in [3.63, 3.8) is 0 Å². The summed E-state index contributed by atoms with van der Waals surface area (Å²) >= 11 is 13.3. The summed E-state index contributed by atoms with van der Waals surface area (Å²) in [6.07, 6.45) is 5.15. The summed E-state index contributed by atoms with van der Waals surface area (Å²) in [7, 11) is 1.38. The van der Waals surface area contributed by atoms with Gasteiger partial charge in [0.1, 0.15) is 23.2 Å². The highest BCUT2D eigenvalue weighted by atomic mass is 35.5. The molecular weight excluding hydrogens is 638 g/mol. The third kappa shape index (κ3) is 5.89. The molecule has 1 aliphatic carbocycles. The number of carboxylic acid groups (broad SMARTS) is 1. The van der Waals surface area contributed by atoms with Gasteiger partial charge in [-0.05, 0) is 50.1 Å². The van der Waals surface area contributed by atoms with Crippen LogP contribution in [0, 0.1) is 5.82 Å². The first-order valence-corrected chi connectivity index (χ1v) is 15.4. The van der Waals surface area contributed by atoms with E-state index in [2.05, 4.69) is 20.7 Å². The van der Waals surface area contributed by atoms with Gasteiger partial charge in [0.05, 0.1) is 18.0 Å². The number of hydrogen-bond donors (Lipinski definition) is 3. The van der Waals surface area contributed by atoms with Gasteiger partial charge in [0, 0.05) is 71.5 Å². The molecular formula is C32H31Cl2FN6O5. The molecule has 1 amide bonds. The number of rotatable bonds is 9. The Morgan fingerprint density at radius 2 is 1.83 bits per heavy atom. The minimum absolute atomic E-state index is 0.0425. The molecule has 0 radical (unpaired) electrons. The Morgan fingerprint density at radius 1 is 1.13 bits per heavy atom. The zero-order chi connectivity index (χ0) is 32.7. The minimum Gasteiger partial charge on any atom is -0.494 e. The van der Waals surface area contributed by atoms with Crippen molar-refractivity contribution in [3.05, 3.63) is 97.8 Å². The number of methoxy groups -OCH3 is 1. The Kier molecular flexibility index (Phi) is 8.88. The molecule has 240 valence electrons. The monoisotopic (exact) mass is 668 g/mol. The van der Waals surface area contributed by atoms with E-state index in [0.717, 1.165) is 12.8 Å². The van der Waals surface area contributed by atoms with E-state index in [9.17, 15) is 19.5 Å². The van der Waals surface area contributed by atoms with E-state index in [0.29, 0.717) is 40.8 Å². The van der Waals surface area contributed by atoms with E-state index < -0.39 is 28.9 Å². The summed E-state index contributed by atoms with van der Waals surface area (Å²) in [5.41, 5.74) is 5.91. The summed E-state index contributed by atoms with van der Waals surface area (Å²) in [4.78, 5) is 45.8. The zero-order valence-electron chi connectivity index (χ0n) is 25.0. The number of aromatic carboxylic acids is 1. The van der Waals surface area contributed by atoms with E-state index in [-0.39, 0.29) is 40.3 Å². The van der Waals surface area contributed by atoms with Crippen molar-refractivity contribution in [2.24, 2.45) is 0 Å². The van der Waals surface area contributed by atoms with Crippen LogP contribution < -0.4 is 25.9 Å². The first-order valence-electron chi connectivity index (χ1n) is 14.7. The van der Waals surface area contributed by atoms with Crippen molar-refractivity contribution >= 4 is 51.7 Å². The first kappa shape index (κ1) is 31.7. The second kappa shape index (κ2) is 12.9. The number of anilines is 1. The number of hydrazine groups is 1. The topological polar surface area (TPSA) is 129 Å². The van der Waals surface area contributed by atoms with Crippen molar-refractivity contribution in [2.45, 2.75) is 38.0 Å². The number of aromatic nitrogens is 2. The largest absolute Gasteiger partial charge is 0.494 e. The molecule has 14 heteroatoms. The molecule has 4 aromatic rings. The van der Waals surface area contributed by atoms with Crippen molar-refractivity contribution < 1.29 is 23.8 Å². The Bertz CT molecular complexity index is 1870. The van der Waals surface area contributed by atoms with Crippen LogP contribution in [0.15, 0.2) is 59.8 Å². The molecule has 11 nitrogen and oxygen atoms in total. The third-order valence-electron chi connectivity index (χ3n) is 8.45. The molecule has 2 aliphatic rings. The van der Waals surface area contributed by atoms with Gasteiger partial charge >= 0.3 is 5.97 Å². The van der Waals surface area contributed by atoms with Crippen LogP contribution >= 0.6 is 23.2 Å². The molecule has 2 unspecified atom stereocenters. The van der Waals surface area contributed by atoms with Crippen LogP contribution in [0.4, 0.5) is 10.1 Å². The van der Waals surface area contributed by atoms with Gasteiger partial charge in [0.25, 0.3) is 5.91 Å². The van der Waals surface area contributed by atoms with Crippen molar-refractivity contribution in [2.75, 3.05) is 31.6 Å². The zero-order valence-corrected chi connectivity index (χ0v) is 26.5. The lowest BCUT2D eigenvalue weighted by molar-refractivity contribution is 0.0694. The van der Waals surface area contributed by atoms with Gasteiger partial charge in [-0.1, -0.05) is 29.3 Å². The SMILES string of the molecule is COc1cc2c(=O)c(C(=O)O)cn(C3CC3)c2c(F)c1N1CCN(C(NNC(=O)c2ccncc2)c2c(Cl)cccc2Cl)C(C)C1. The maximum atomic E-state index is 16.6. The standard InChI is InChI=1S/C32H31Cl2FN6O5/c1-17-15-39(28-24(46-2)14-20-27(26(28)35)41(19-6-7-19)16-21(29(20)42)32(44)45)12-13-40(17)30(25-22(33)4-3-5-23(25)34)37-38-31(43)18-8-10-36-11-9-18/h3-5,8-11,14,16-17,19,30,37H,6-7,12-13,15H2,1-2H3,(H,38,43)(H,44,45). The highest BCUT2D eigenvalue weighted by Crippen LogP contribution is 2.43. The number of benzene rings is 2. The smallest absolute Gasteiger partial charge is 0.341 e. The van der Waals surface area contributed by atoms with E-state index in [1.54, 1.807) is 34.9 Å². The fraction of sp³-hybridized carbons (Fsp3) is 0.312. The van der Waals surface area contributed by atoms with Crippen LogP contribution in [0.1, 0.15) is 58.3 Å². The Balaban J connectivity index is 1.34. The number of pyridine rings is 2. The average Bonchev–Trinajstić information content (AvgIpc) is 3.88. The molecule has 2 atom stereocenters. The Morgan fingerprint density at radius 3 is 2.43 bits per heavy atom. The van der Waals surface area contributed by atoms with Crippen molar-refractivity contribution in [3.8, 4) is 5.75 Å². The Hall–Kier alpha value is -4.23. The van der Waals surface area contributed by atoms with Crippen LogP contribution in [0.25, 0.3) is 10.9 Å². The molecule has 2 fully saturated rings. The lowest BCUT2D eigenvalue weighted by atomic mass is 10.0. The molecule has 3 heterocycles. The molecule has 1 saturated carbocycles. The number of ether oxygens (including phenoxy) is 1. The normalized spacial score (nSPS) is 17.6. The van der Waals surface area contributed by atoms with Gasteiger partial charge in [0.2, 0.25) is 5.43 Å². The molecule has 1 saturated heterocycles. The maximum absolute atomic E-state index is 16.6. The number of halogens is 3. The van der Waals surface area contributed by atoms with E-state index in [1.807, 2.05) is 11.8 Å². The molecule has 0 spiro atoms. The van der Waals surface area contributed by atoms with Gasteiger partial charge in [-0.3, -0.25) is 24.9 Å². The lowest BCUT2D eigenvalue weighted by Gasteiger charge is -2.45. The fourth-order valence-corrected chi connectivity index (χ4v) is 6.65. The molecule has 6 rings (SSSR count). The van der Waals surface area contributed by atoms with Gasteiger partial charge in [0.15, 0.2) is 5.82 Å². The second-order valence-corrected chi connectivity index (χ2v) is 12.2. The quantitative estimate of drug-likeness (QED) is 0.210. The van der Waals surface area contributed by atoms with E-state index in [4.69, 9.17) is 27.9 Å². The van der Waals surface area contributed by atoms with Gasteiger partial charge in [-0.25, -0.2) is 14.6 Å². The lowest BCUT2D eigenvalue weighted by Crippen LogP contribution is -2.58. The van der Waals surface area contributed by atoms with Crippen LogP contribution in [-0.2, 0) is 0 Å². The summed E-state index contributed by atoms with van der Waals surface area (Å²) in [5, 5.41) is 10.4. The predicted molar refractivity (Wildman–Crippen MR) is 172 cm³/mol. The van der Waals surface area contributed by atoms with Crippen LogP contribution in [-0.4, -0.2) is 64.2 Å². The number of nitrogens with one attached hydrogen (secondary N) is 2. The fourth-order valence-electron chi connectivity index (χ4n) is 6.04. The molecule has 2 aromatic carbocycles. The Labute approximate surface area is 273 Å². The average molecular weight is 670 g/mol. The first-order chi connectivity index (χ1) is 22.1. The van der Waals surface area contributed by atoms with Crippen molar-refractivity contribution in [1.82, 2.24) is 25.3 Å². The van der Waals surface area contributed by atoms with E-state index in [1.165, 1.54) is 31.8 Å². The highest BCUT2D eigenvalue weighted by Gasteiger charge is 2.36. The summed E-state index contributed by atoms with van der Waals surface area (Å²) < 4.78 is 23.8. The predicted octanol–water partition coefficient (Wildman–Crippen LogP) is 5.03. The minimum atomic E-state index is -1.37. The highest BCUT2D eigenvalue weighted by molar-refractivity contribution is 6.36. The summed E-state index contributed by atoms with van der Waals surface area (Å²) in [5.74, 6) is -2.27. The van der Waals surface area contributed by atoms with Gasteiger partial charge in [-0.2, -0.15) is 0 Å². The van der Waals surface area contributed by atoms with E-state index >= 15 is 4.39 Å². The summed E-state index contributed by atoms with van der Waals surface area (Å²) in [6.45, 7) is 3.02. The molecule has 46 heavy (non-hydrogen) atoms. The third-order valence-corrected chi connectivity index (χ3v) is 9.11. The summed E-state index contributed by atoms with van der Waals surface area (Å²) in [6, 6.07) is 9.44. The number of hydrogen-bond acceptors (Lipinski definition) is 8. The molecule has 1 aliphatic heterocycles. The molecule has 3 N–H and O–H groups in total. The second-order valence-electron chi connectivity index (χ2n) is 11.4. The van der Waals surface area contributed by atoms with Gasteiger partial charge < -0.3 is 19.3 Å². The number of carboxylic acids is 1. The molecule has 0 bridgehead atoms. The number of nitrogens with zero attached hydrogens (tertiary/aromatic N) is 4. The van der Waals surface area contributed by atoms with Crippen LogP contribution in [0.3, 0.4) is 0 Å². The number of carbonyl (C=O) groups excluding carboxylic acids is 1. The van der Waals surface area contributed by atoms with Crippen molar-refractivity contribution in [1.29, 1.82) is 0 Å². The maximum Gasteiger partial charge on any atom is 0.341 e. The number of piperazine rings is 1. The van der Waals surface area contributed by atoms with Gasteiger partial charge in [-0.15, -0.1) is 0 Å². The number of carbonyl (C=O) groups is 2. The number of amides is 1. The van der Waals surface area contributed by atoms with Crippen LogP contribution in [0.2, 0.25) is 10.0 Å². The molecule has 2 aromatic heterocycles. The van der Waals surface area contributed by atoms with Crippen LogP contribution in [0.5, 0.6) is 5.75 Å². The number of fused-ring (bicyclic) bond motifs is 1.